The zero-order chi connectivity index (χ0) is 41.4. The van der Waals surface area contributed by atoms with E-state index < -0.39 is 32.5 Å². The van der Waals surface area contributed by atoms with Gasteiger partial charge in [0.05, 0.1) is 27.7 Å². The minimum Gasteiger partial charge on any atom is -0.756 e. The van der Waals surface area contributed by atoms with Crippen LogP contribution >= 0.6 is 7.82 Å². The number of phosphoric ester groups is 1. The fourth-order valence-corrected chi connectivity index (χ4v) is 5.98. The highest BCUT2D eigenvalue weighted by atomic mass is 31.2. The Morgan fingerprint density at radius 2 is 0.964 bits per heavy atom. The molecule has 1 unspecified atom stereocenters. The van der Waals surface area contributed by atoms with E-state index in [9.17, 15) is 19.0 Å². The van der Waals surface area contributed by atoms with E-state index in [1.54, 1.807) is 0 Å². The van der Waals surface area contributed by atoms with E-state index in [0.29, 0.717) is 23.9 Å². The smallest absolute Gasteiger partial charge is 0.306 e. The largest absolute Gasteiger partial charge is 0.756 e. The van der Waals surface area contributed by atoms with E-state index in [4.69, 9.17) is 18.5 Å². The first-order valence-corrected chi connectivity index (χ1v) is 23.1. The molecule has 56 heavy (non-hydrogen) atoms. The van der Waals surface area contributed by atoms with Gasteiger partial charge < -0.3 is 27.9 Å². The number of rotatable bonds is 38. The summed E-state index contributed by atoms with van der Waals surface area (Å²) in [4.78, 5) is 37.5. The second-order valence-electron chi connectivity index (χ2n) is 15.3. The van der Waals surface area contributed by atoms with Crippen LogP contribution in [0.5, 0.6) is 0 Å². The molecule has 0 bridgehead atoms. The molecule has 0 aromatic carbocycles. The number of nitrogens with zero attached hydrogens (tertiary/aromatic N) is 1. The zero-order valence-electron chi connectivity index (χ0n) is 36.1. The van der Waals surface area contributed by atoms with Crippen LogP contribution in [0.2, 0.25) is 0 Å². The first-order chi connectivity index (χ1) is 27.0. The number of hydrogen-bond acceptors (Lipinski definition) is 8. The zero-order valence-corrected chi connectivity index (χ0v) is 36.9. The van der Waals surface area contributed by atoms with Crippen LogP contribution in [0.3, 0.4) is 0 Å². The van der Waals surface area contributed by atoms with Crippen molar-refractivity contribution in [2.24, 2.45) is 0 Å². The lowest BCUT2D eigenvalue weighted by Crippen LogP contribution is -2.37. The Balaban J connectivity index is 4.50. The Morgan fingerprint density at radius 1 is 0.554 bits per heavy atom. The average Bonchev–Trinajstić information content (AvgIpc) is 3.15. The average molecular weight is 806 g/mol. The molecule has 0 aliphatic rings. The number of carbonyl (C=O) groups is 2. The molecule has 0 saturated carbocycles. The molecule has 0 spiro atoms. The molecule has 0 heterocycles. The molecule has 0 amide bonds. The van der Waals surface area contributed by atoms with Crippen molar-refractivity contribution in [2.45, 2.75) is 161 Å². The quantitative estimate of drug-likeness (QED) is 0.0199. The Morgan fingerprint density at radius 3 is 1.45 bits per heavy atom. The SMILES string of the molecule is CCCCC/C=C\C/C=C\C/C=C\CCCCCCC(=O)O[C@H](COC(=O)CCCC/C=C\C/C=C\C/C=C\CCCCC)COP(=O)([O-])OCC[N+](C)(C)C. The van der Waals surface area contributed by atoms with Crippen molar-refractivity contribution < 1.29 is 42.1 Å². The number of ether oxygens (including phenoxy) is 2. The van der Waals surface area contributed by atoms with Gasteiger partial charge in [-0.25, -0.2) is 0 Å². The van der Waals surface area contributed by atoms with E-state index in [0.717, 1.165) is 70.6 Å². The highest BCUT2D eigenvalue weighted by Gasteiger charge is 2.21. The minimum atomic E-state index is -4.64. The van der Waals surface area contributed by atoms with Crippen molar-refractivity contribution in [1.29, 1.82) is 0 Å². The van der Waals surface area contributed by atoms with Crippen LogP contribution in [0.25, 0.3) is 0 Å². The number of phosphoric acid groups is 1. The Kier molecular flexibility index (Phi) is 36.3. The summed E-state index contributed by atoms with van der Waals surface area (Å²) in [6.07, 6.45) is 46.4. The van der Waals surface area contributed by atoms with Gasteiger partial charge in [-0.3, -0.25) is 14.2 Å². The molecule has 2 atom stereocenters. The minimum absolute atomic E-state index is 0.0452. The standard InChI is InChI=1S/C46H80NO8P/c1-6-8-10-12-14-16-18-20-22-23-25-27-29-31-33-35-37-39-46(49)55-44(43-54-56(50,51)53-41-40-47(3,4)5)42-52-45(48)38-36-34-32-30-28-26-24-21-19-17-15-13-11-9-7-2/h14-17,20-22,24-25,27-28,30,44H,6-13,18-19,23,26,29,31-43H2,1-5H3/b16-14-,17-15-,22-20-,24-21-,27-25-,30-28-/t44-/m1/s1. The molecule has 0 fully saturated rings. The first kappa shape index (κ1) is 53.5. The number of quaternary nitrogens is 1. The van der Waals surface area contributed by atoms with Gasteiger partial charge in [-0.15, -0.1) is 0 Å². The van der Waals surface area contributed by atoms with E-state index in [-0.39, 0.29) is 26.1 Å². The predicted octanol–water partition coefficient (Wildman–Crippen LogP) is 11.6. The highest BCUT2D eigenvalue weighted by molar-refractivity contribution is 7.45. The molecule has 0 saturated heterocycles. The van der Waals surface area contributed by atoms with Crippen molar-refractivity contribution in [3.8, 4) is 0 Å². The van der Waals surface area contributed by atoms with Gasteiger partial charge in [-0.05, 0) is 89.9 Å². The summed E-state index contributed by atoms with van der Waals surface area (Å²) >= 11 is 0. The maximum Gasteiger partial charge on any atom is 0.306 e. The number of hydrogen-bond donors (Lipinski definition) is 0. The van der Waals surface area contributed by atoms with Gasteiger partial charge in [0.25, 0.3) is 7.82 Å². The first-order valence-electron chi connectivity index (χ1n) is 21.6. The summed E-state index contributed by atoms with van der Waals surface area (Å²) in [5.74, 6) is -0.912. The van der Waals surface area contributed by atoms with Crippen molar-refractivity contribution >= 4 is 19.8 Å². The molecule has 0 aliphatic carbocycles. The summed E-state index contributed by atoms with van der Waals surface area (Å²) in [7, 11) is 1.12. The van der Waals surface area contributed by atoms with Crippen LogP contribution in [0, 0.1) is 0 Å². The van der Waals surface area contributed by atoms with Gasteiger partial charge >= 0.3 is 11.9 Å². The predicted molar refractivity (Wildman–Crippen MR) is 231 cm³/mol. The van der Waals surface area contributed by atoms with Crippen LogP contribution in [0.15, 0.2) is 72.9 Å². The molecular weight excluding hydrogens is 725 g/mol. The molecule has 0 aromatic rings. The molecule has 0 aromatic heterocycles. The van der Waals surface area contributed by atoms with Gasteiger partial charge in [0, 0.05) is 12.8 Å². The Labute approximate surface area is 342 Å². The summed E-state index contributed by atoms with van der Waals surface area (Å²) in [6, 6.07) is 0. The van der Waals surface area contributed by atoms with Crippen molar-refractivity contribution in [3.63, 3.8) is 0 Å². The van der Waals surface area contributed by atoms with Gasteiger partial charge in [0.15, 0.2) is 6.10 Å². The van der Waals surface area contributed by atoms with Crippen LogP contribution < -0.4 is 4.89 Å². The summed E-state index contributed by atoms with van der Waals surface area (Å²) in [5.41, 5.74) is 0. The topological polar surface area (TPSA) is 111 Å². The summed E-state index contributed by atoms with van der Waals surface area (Å²) in [6.45, 7) is 4.07. The number of esters is 2. The third-order valence-corrected chi connectivity index (χ3v) is 9.66. The van der Waals surface area contributed by atoms with Gasteiger partial charge in [-0.1, -0.05) is 125 Å². The van der Waals surface area contributed by atoms with Crippen molar-refractivity contribution in [3.05, 3.63) is 72.9 Å². The third-order valence-electron chi connectivity index (χ3n) is 8.70. The van der Waals surface area contributed by atoms with Gasteiger partial charge in [0.2, 0.25) is 0 Å². The molecule has 9 nitrogen and oxygen atoms in total. The normalized spacial score (nSPS) is 14.3. The van der Waals surface area contributed by atoms with E-state index in [1.807, 2.05) is 21.1 Å². The fourth-order valence-electron chi connectivity index (χ4n) is 5.25. The van der Waals surface area contributed by atoms with Crippen molar-refractivity contribution in [1.82, 2.24) is 0 Å². The van der Waals surface area contributed by atoms with Gasteiger partial charge in [0.1, 0.15) is 19.8 Å². The fraction of sp³-hybridized carbons (Fsp3) is 0.696. The molecule has 0 radical (unpaired) electrons. The molecule has 0 N–H and O–H groups in total. The summed E-state index contributed by atoms with van der Waals surface area (Å²) < 4.78 is 33.8. The monoisotopic (exact) mass is 806 g/mol. The molecule has 10 heteroatoms. The van der Waals surface area contributed by atoms with Crippen LogP contribution in [0.1, 0.15) is 155 Å². The lowest BCUT2D eigenvalue weighted by atomic mass is 10.1. The van der Waals surface area contributed by atoms with Crippen molar-refractivity contribution in [2.75, 3.05) is 47.5 Å². The summed E-state index contributed by atoms with van der Waals surface area (Å²) in [5, 5.41) is 0. The van der Waals surface area contributed by atoms with Crippen LogP contribution in [-0.2, 0) is 32.7 Å². The second-order valence-corrected chi connectivity index (χ2v) is 16.8. The van der Waals surface area contributed by atoms with Crippen LogP contribution in [-0.4, -0.2) is 70.0 Å². The Hall–Kier alpha value is -2.55. The number of allylic oxidation sites excluding steroid dienone is 12. The number of unbranched alkanes of at least 4 members (excludes halogenated alkanes) is 12. The lowest BCUT2D eigenvalue weighted by molar-refractivity contribution is -0.870. The second kappa shape index (κ2) is 38.0. The molecular formula is C46H80NO8P. The molecule has 0 aliphatic heterocycles. The van der Waals surface area contributed by atoms with Gasteiger partial charge in [-0.2, -0.15) is 0 Å². The maximum atomic E-state index is 12.7. The van der Waals surface area contributed by atoms with E-state index in [2.05, 4.69) is 86.8 Å². The maximum absolute atomic E-state index is 12.7. The highest BCUT2D eigenvalue weighted by Crippen LogP contribution is 2.38. The molecule has 0 rings (SSSR count). The third kappa shape index (κ3) is 41.1. The lowest BCUT2D eigenvalue weighted by Gasteiger charge is -2.28. The van der Waals surface area contributed by atoms with E-state index >= 15 is 0 Å². The Bertz CT molecular complexity index is 1180. The van der Waals surface area contributed by atoms with E-state index in [1.165, 1.54) is 44.9 Å². The van der Waals surface area contributed by atoms with Crippen LogP contribution in [0.4, 0.5) is 0 Å². The molecule has 322 valence electrons. The number of carbonyl (C=O) groups excluding carboxylic acids is 2. The number of likely N-dealkylation sites (N-methyl/N-ethyl adjacent to an activating group) is 1.